The standard InChI is InChI=1S/C2H6.2HO2P/c1-2;2*1-3-2/h1-2H3;2*3H/p+2. The molecule has 8 heavy (non-hydrogen) atoms. The Balaban J connectivity index is -0.0000000483. The van der Waals surface area contributed by atoms with E-state index < -0.39 is 17.4 Å². The highest BCUT2D eigenvalue weighted by atomic mass is 31.1. The summed E-state index contributed by atoms with van der Waals surface area (Å²) in [5, 5.41) is 0. The fourth-order valence-electron chi connectivity index (χ4n) is 0. The number of hydrogen-bond donors (Lipinski definition) is 2. The van der Waals surface area contributed by atoms with Crippen LogP contribution in [0.2, 0.25) is 0 Å². The molecular formula is C2H10O4P2+2. The van der Waals surface area contributed by atoms with E-state index in [0.717, 1.165) is 0 Å². The van der Waals surface area contributed by atoms with E-state index in [2.05, 4.69) is 0 Å². The van der Waals surface area contributed by atoms with Crippen molar-refractivity contribution < 1.29 is 18.9 Å². The fraction of sp³-hybridized carbons (Fsp3) is 1.00. The second kappa shape index (κ2) is 59.3. The molecule has 0 radical (unpaired) electrons. The third kappa shape index (κ3) is 11100. The molecule has 0 rings (SSSR count). The van der Waals surface area contributed by atoms with E-state index in [9.17, 15) is 0 Å². The van der Waals surface area contributed by atoms with E-state index in [1.54, 1.807) is 0 Å². The van der Waals surface area contributed by atoms with Crippen LogP contribution in [0.5, 0.6) is 0 Å². The van der Waals surface area contributed by atoms with Gasteiger partial charge in [-0.25, -0.2) is 0 Å². The van der Waals surface area contributed by atoms with Crippen molar-refractivity contribution in [3.8, 4) is 0 Å². The summed E-state index contributed by atoms with van der Waals surface area (Å²) < 4.78 is 17.0. The van der Waals surface area contributed by atoms with Gasteiger partial charge in [-0.05, 0) is 9.13 Å². The van der Waals surface area contributed by atoms with Crippen LogP contribution in [-0.4, -0.2) is 9.79 Å². The van der Waals surface area contributed by atoms with Gasteiger partial charge < -0.3 is 0 Å². The first-order chi connectivity index (χ1) is 3.83. The predicted molar refractivity (Wildman–Crippen MR) is 33.8 cm³/mol. The van der Waals surface area contributed by atoms with Gasteiger partial charge in [-0.3, -0.25) is 0 Å². The quantitative estimate of drug-likeness (QED) is 0.515. The molecule has 6 heteroatoms. The summed E-state index contributed by atoms with van der Waals surface area (Å²) in [6.07, 6.45) is 0. The molecule has 0 aliphatic rings. The molecule has 0 aromatic rings. The Morgan fingerprint density at radius 2 is 1.00 bits per heavy atom. The first kappa shape index (κ1) is 15.7. The van der Waals surface area contributed by atoms with Gasteiger partial charge in [0, 0.05) is 0 Å². The average Bonchev–Trinajstić information content (AvgIpc) is 1.75. The molecule has 2 atom stereocenters. The van der Waals surface area contributed by atoms with Crippen molar-refractivity contribution in [2.24, 2.45) is 0 Å². The van der Waals surface area contributed by atoms with E-state index in [1.165, 1.54) is 0 Å². The highest BCUT2D eigenvalue weighted by Gasteiger charge is 1.45. The van der Waals surface area contributed by atoms with Crippen LogP contribution < -0.4 is 0 Å². The molecule has 0 aliphatic heterocycles. The van der Waals surface area contributed by atoms with Gasteiger partial charge in [-0.15, -0.1) is 0 Å². The molecule has 0 fully saturated rings. The summed E-state index contributed by atoms with van der Waals surface area (Å²) in [5.74, 6) is 0. The van der Waals surface area contributed by atoms with Crippen molar-refractivity contribution in [1.82, 2.24) is 0 Å². The summed E-state index contributed by atoms with van der Waals surface area (Å²) in [7, 11) is -2.33. The minimum atomic E-state index is -1.17. The lowest BCUT2D eigenvalue weighted by molar-refractivity contribution is 0.523. The molecule has 0 spiro atoms. The normalized spacial score (nSPS) is 6.00. The van der Waals surface area contributed by atoms with Gasteiger partial charge in [0.1, 0.15) is 0 Å². The van der Waals surface area contributed by atoms with Crippen LogP contribution in [0.1, 0.15) is 13.8 Å². The zero-order valence-electron chi connectivity index (χ0n) is 4.71. The molecule has 50 valence electrons. The Kier molecular flexibility index (Phi) is 116. The summed E-state index contributed by atoms with van der Waals surface area (Å²) >= 11 is 0. The molecule has 4 nitrogen and oxygen atoms in total. The molecule has 0 aromatic carbocycles. The maximum atomic E-state index is 8.51. The van der Waals surface area contributed by atoms with Crippen molar-refractivity contribution >= 4 is 17.4 Å². The summed E-state index contributed by atoms with van der Waals surface area (Å²) in [6, 6.07) is 0. The van der Waals surface area contributed by atoms with Gasteiger partial charge in [0.05, 0.1) is 0 Å². The Hall–Kier alpha value is 0.120. The Labute approximate surface area is 51.1 Å². The molecule has 0 saturated carbocycles. The van der Waals surface area contributed by atoms with Crippen LogP contribution in [0.15, 0.2) is 0 Å². The second-order valence-electron chi connectivity index (χ2n) is 0.183. The lowest BCUT2D eigenvalue weighted by Gasteiger charge is -1.08. The van der Waals surface area contributed by atoms with Crippen LogP contribution >= 0.6 is 17.4 Å². The second-order valence-corrected chi connectivity index (χ2v) is 0.548. The van der Waals surface area contributed by atoms with Crippen LogP contribution in [0.4, 0.5) is 0 Å². The van der Waals surface area contributed by atoms with Crippen LogP contribution in [0, 0.1) is 0 Å². The fourth-order valence-corrected chi connectivity index (χ4v) is 0. The van der Waals surface area contributed by atoms with E-state index in [4.69, 9.17) is 18.9 Å². The average molecular weight is 160 g/mol. The monoisotopic (exact) mass is 160 g/mol. The molecule has 2 unspecified atom stereocenters. The molecule has 0 bridgehead atoms. The van der Waals surface area contributed by atoms with Crippen LogP contribution in [0.25, 0.3) is 0 Å². The molecule has 0 aliphatic carbocycles. The van der Waals surface area contributed by atoms with Crippen molar-refractivity contribution in [3.63, 3.8) is 0 Å². The van der Waals surface area contributed by atoms with Gasteiger partial charge >= 0.3 is 17.4 Å². The van der Waals surface area contributed by atoms with Crippen molar-refractivity contribution in [2.75, 3.05) is 0 Å². The van der Waals surface area contributed by atoms with Crippen molar-refractivity contribution in [2.45, 2.75) is 13.8 Å². The highest BCUT2D eigenvalue weighted by molar-refractivity contribution is 7.16. The molecule has 2 N–H and O–H groups in total. The summed E-state index contributed by atoms with van der Waals surface area (Å²) in [4.78, 5) is 14.1. The zero-order valence-corrected chi connectivity index (χ0v) is 6.71. The maximum Gasteiger partial charge on any atom is 0.491 e. The first-order valence-electron chi connectivity index (χ1n) is 1.86. The molecule has 0 aromatic heterocycles. The number of hydrogen-bond acceptors (Lipinski definition) is 2. The third-order valence-electron chi connectivity index (χ3n) is 0. The van der Waals surface area contributed by atoms with Gasteiger partial charge in [-0.2, -0.15) is 9.79 Å². The highest BCUT2D eigenvalue weighted by Crippen LogP contribution is 1.66. The predicted octanol–water partition coefficient (Wildman–Crippen LogP) is 0.862. The van der Waals surface area contributed by atoms with Crippen LogP contribution in [0.3, 0.4) is 0 Å². The zero-order chi connectivity index (χ0) is 7.41. The van der Waals surface area contributed by atoms with Gasteiger partial charge in [0.2, 0.25) is 0 Å². The Bertz CT molecular complexity index is 33.0. The smallest absolute Gasteiger partial charge is 0.162 e. The largest absolute Gasteiger partial charge is 0.491 e. The van der Waals surface area contributed by atoms with E-state index in [1.807, 2.05) is 13.8 Å². The summed E-state index contributed by atoms with van der Waals surface area (Å²) in [5.41, 5.74) is 0. The third-order valence-corrected chi connectivity index (χ3v) is 0. The van der Waals surface area contributed by atoms with E-state index in [0.29, 0.717) is 0 Å². The molecule has 0 amide bonds. The minimum Gasteiger partial charge on any atom is -0.162 e. The first-order valence-corrected chi connectivity index (χ1v) is 3.57. The number of rotatable bonds is 0. The van der Waals surface area contributed by atoms with Gasteiger partial charge in [-0.1, -0.05) is 13.8 Å². The maximum absolute atomic E-state index is 8.51. The van der Waals surface area contributed by atoms with E-state index >= 15 is 0 Å². The summed E-state index contributed by atoms with van der Waals surface area (Å²) in [6.45, 7) is 4.00. The van der Waals surface area contributed by atoms with Gasteiger partial charge in [0.15, 0.2) is 0 Å². The minimum absolute atomic E-state index is 1.17. The lowest BCUT2D eigenvalue weighted by Crippen LogP contribution is -1.03. The molecule has 0 heterocycles. The molecular weight excluding hydrogens is 150 g/mol. The van der Waals surface area contributed by atoms with Crippen molar-refractivity contribution in [3.05, 3.63) is 0 Å². The Morgan fingerprint density at radius 3 is 1.00 bits per heavy atom. The Morgan fingerprint density at radius 1 is 1.00 bits per heavy atom. The van der Waals surface area contributed by atoms with Crippen molar-refractivity contribution in [1.29, 1.82) is 0 Å². The van der Waals surface area contributed by atoms with E-state index in [-0.39, 0.29) is 0 Å². The lowest BCUT2D eigenvalue weighted by atomic mass is 11.0. The SMILES string of the molecule is CC.O=[PH+]O.O=[PH+]O. The van der Waals surface area contributed by atoms with Gasteiger partial charge in [0.25, 0.3) is 0 Å². The van der Waals surface area contributed by atoms with Crippen LogP contribution in [-0.2, 0) is 9.13 Å². The molecule has 0 saturated heterocycles. The topological polar surface area (TPSA) is 74.6 Å².